The summed E-state index contributed by atoms with van der Waals surface area (Å²) in [6.07, 6.45) is 4.92. The van der Waals surface area contributed by atoms with Gasteiger partial charge in [0.2, 0.25) is 5.91 Å². The van der Waals surface area contributed by atoms with E-state index in [-0.39, 0.29) is 11.8 Å². The summed E-state index contributed by atoms with van der Waals surface area (Å²) in [7, 11) is 0. The van der Waals surface area contributed by atoms with Gasteiger partial charge in [-0.1, -0.05) is 25.0 Å². The number of carbonyl (C=O) groups excluding carboxylic acids is 1. The van der Waals surface area contributed by atoms with Crippen LogP contribution in [-0.2, 0) is 4.79 Å². The number of nitrogens with one attached hydrogen (secondary N) is 1. The third-order valence-electron chi connectivity index (χ3n) is 4.60. The van der Waals surface area contributed by atoms with Gasteiger partial charge in [-0.05, 0) is 43.2 Å². The van der Waals surface area contributed by atoms with E-state index in [1.807, 2.05) is 25.1 Å². The second kappa shape index (κ2) is 4.70. The molecule has 3 nitrogen and oxygen atoms in total. The zero-order chi connectivity index (χ0) is 13.4. The Balaban J connectivity index is 1.74. The molecule has 3 rings (SSSR count). The molecule has 0 saturated heterocycles. The molecule has 2 fully saturated rings. The van der Waals surface area contributed by atoms with Crippen molar-refractivity contribution in [1.29, 1.82) is 5.26 Å². The Morgan fingerprint density at radius 1 is 1.32 bits per heavy atom. The van der Waals surface area contributed by atoms with Crippen LogP contribution in [0.3, 0.4) is 0 Å². The maximum atomic E-state index is 12.3. The molecule has 3 heteroatoms. The molecule has 1 aromatic carbocycles. The minimum atomic E-state index is 0.110. The van der Waals surface area contributed by atoms with E-state index in [1.54, 1.807) is 0 Å². The predicted molar refractivity (Wildman–Crippen MR) is 73.5 cm³/mol. The third-order valence-corrected chi connectivity index (χ3v) is 4.60. The van der Waals surface area contributed by atoms with Gasteiger partial charge in [0.15, 0.2) is 0 Å². The molecular formula is C16H18N2O. The Bertz CT molecular complexity index is 546. The molecule has 1 amide bonds. The second-order valence-electron chi connectivity index (χ2n) is 5.74. The van der Waals surface area contributed by atoms with Crippen LogP contribution in [0.25, 0.3) is 0 Å². The summed E-state index contributed by atoms with van der Waals surface area (Å²) < 4.78 is 0. The van der Waals surface area contributed by atoms with Crippen LogP contribution in [0.2, 0.25) is 0 Å². The predicted octanol–water partition coefficient (Wildman–Crippen LogP) is 3.24. The number of benzene rings is 1. The zero-order valence-electron chi connectivity index (χ0n) is 11.1. The maximum Gasteiger partial charge on any atom is 0.228 e. The molecule has 2 aliphatic carbocycles. The summed E-state index contributed by atoms with van der Waals surface area (Å²) in [4.78, 5) is 12.3. The average Bonchev–Trinajstić information content (AvgIpc) is 3.13. The molecule has 0 aliphatic heterocycles. The van der Waals surface area contributed by atoms with Gasteiger partial charge in [0.1, 0.15) is 6.07 Å². The Kier molecular flexibility index (Phi) is 3.02. The number of nitriles is 1. The highest BCUT2D eigenvalue weighted by atomic mass is 16.2. The molecular weight excluding hydrogens is 236 g/mol. The molecule has 0 bridgehead atoms. The summed E-state index contributed by atoms with van der Waals surface area (Å²) in [6.45, 7) is 1.89. The van der Waals surface area contributed by atoms with Gasteiger partial charge in [0.05, 0.1) is 11.3 Å². The smallest absolute Gasteiger partial charge is 0.228 e. The van der Waals surface area contributed by atoms with E-state index in [0.717, 1.165) is 5.56 Å². The number of carbonyl (C=O) groups is 1. The fourth-order valence-electron chi connectivity index (χ4n) is 3.52. The van der Waals surface area contributed by atoms with E-state index in [2.05, 4.69) is 11.4 Å². The standard InChI is InChI=1S/C16H18N2O/c1-10-5-4-8-14(13(10)9-17)18-16(19)15-11-6-2-3-7-12(11)15/h4-5,8,11-12,15H,2-3,6-7H2,1H3,(H,18,19). The first-order valence-electron chi connectivity index (χ1n) is 7.03. The summed E-state index contributed by atoms with van der Waals surface area (Å²) in [5.74, 6) is 1.50. The van der Waals surface area contributed by atoms with Gasteiger partial charge in [-0.2, -0.15) is 5.26 Å². The summed E-state index contributed by atoms with van der Waals surface area (Å²) in [5.41, 5.74) is 2.16. The molecule has 19 heavy (non-hydrogen) atoms. The average molecular weight is 254 g/mol. The van der Waals surface area contributed by atoms with E-state index >= 15 is 0 Å². The van der Waals surface area contributed by atoms with E-state index in [9.17, 15) is 10.1 Å². The van der Waals surface area contributed by atoms with Crippen molar-refractivity contribution < 1.29 is 4.79 Å². The number of amides is 1. The van der Waals surface area contributed by atoms with Crippen molar-refractivity contribution in [3.05, 3.63) is 29.3 Å². The van der Waals surface area contributed by atoms with E-state index < -0.39 is 0 Å². The molecule has 2 unspecified atom stereocenters. The lowest BCUT2D eigenvalue weighted by Gasteiger charge is -2.08. The van der Waals surface area contributed by atoms with Crippen LogP contribution < -0.4 is 5.32 Å². The molecule has 98 valence electrons. The number of rotatable bonds is 2. The number of nitrogens with zero attached hydrogens (tertiary/aromatic N) is 1. The molecule has 2 aliphatic rings. The summed E-state index contributed by atoms with van der Waals surface area (Å²) in [5, 5.41) is 12.1. The lowest BCUT2D eigenvalue weighted by molar-refractivity contribution is -0.117. The highest BCUT2D eigenvalue weighted by molar-refractivity contribution is 5.96. The van der Waals surface area contributed by atoms with Gasteiger partial charge in [0, 0.05) is 5.92 Å². The minimum absolute atomic E-state index is 0.110. The Hall–Kier alpha value is -1.82. The SMILES string of the molecule is Cc1cccc(NC(=O)C2C3CCCCC32)c1C#N. The zero-order valence-corrected chi connectivity index (χ0v) is 11.1. The fraction of sp³-hybridized carbons (Fsp3) is 0.500. The molecule has 0 radical (unpaired) electrons. The van der Waals surface area contributed by atoms with E-state index in [1.165, 1.54) is 25.7 Å². The van der Waals surface area contributed by atoms with Gasteiger partial charge in [0.25, 0.3) is 0 Å². The summed E-state index contributed by atoms with van der Waals surface area (Å²) in [6, 6.07) is 7.77. The normalized spacial score (nSPS) is 28.1. The van der Waals surface area contributed by atoms with Crippen LogP contribution >= 0.6 is 0 Å². The Morgan fingerprint density at radius 2 is 2.00 bits per heavy atom. The van der Waals surface area contributed by atoms with E-state index in [0.29, 0.717) is 23.1 Å². The largest absolute Gasteiger partial charge is 0.325 e. The number of anilines is 1. The molecule has 1 aromatic rings. The highest BCUT2D eigenvalue weighted by Crippen LogP contribution is 2.55. The van der Waals surface area contributed by atoms with Crippen molar-refractivity contribution in [2.45, 2.75) is 32.6 Å². The molecule has 0 spiro atoms. The van der Waals surface area contributed by atoms with Gasteiger partial charge >= 0.3 is 0 Å². The first kappa shape index (κ1) is 12.2. The van der Waals surface area contributed by atoms with Crippen LogP contribution in [-0.4, -0.2) is 5.91 Å². The monoisotopic (exact) mass is 254 g/mol. The molecule has 0 heterocycles. The van der Waals surface area contributed by atoms with Gasteiger partial charge in [-0.3, -0.25) is 4.79 Å². The topological polar surface area (TPSA) is 52.9 Å². The van der Waals surface area contributed by atoms with Gasteiger partial charge in [-0.25, -0.2) is 0 Å². The number of hydrogen-bond acceptors (Lipinski definition) is 2. The number of aryl methyl sites for hydroxylation is 1. The lowest BCUT2D eigenvalue weighted by Crippen LogP contribution is -2.16. The van der Waals surface area contributed by atoms with Crippen molar-refractivity contribution >= 4 is 11.6 Å². The lowest BCUT2D eigenvalue weighted by atomic mass is 10.0. The van der Waals surface area contributed by atoms with Crippen LogP contribution in [0, 0.1) is 36.0 Å². The fourth-order valence-corrected chi connectivity index (χ4v) is 3.52. The maximum absolute atomic E-state index is 12.3. The number of fused-ring (bicyclic) bond motifs is 1. The van der Waals surface area contributed by atoms with Crippen LogP contribution in [0.1, 0.15) is 36.8 Å². The van der Waals surface area contributed by atoms with Crippen molar-refractivity contribution in [2.75, 3.05) is 5.32 Å². The first-order valence-corrected chi connectivity index (χ1v) is 7.03. The number of hydrogen-bond donors (Lipinski definition) is 1. The van der Waals surface area contributed by atoms with Crippen LogP contribution in [0.15, 0.2) is 18.2 Å². The first-order chi connectivity index (χ1) is 9.22. The Labute approximate surface area is 113 Å². The molecule has 1 N–H and O–H groups in total. The Morgan fingerprint density at radius 3 is 2.63 bits per heavy atom. The van der Waals surface area contributed by atoms with Crippen LogP contribution in [0.5, 0.6) is 0 Å². The van der Waals surface area contributed by atoms with Crippen molar-refractivity contribution in [1.82, 2.24) is 0 Å². The second-order valence-corrected chi connectivity index (χ2v) is 5.74. The van der Waals surface area contributed by atoms with Gasteiger partial charge < -0.3 is 5.32 Å². The molecule has 2 atom stereocenters. The summed E-state index contributed by atoms with van der Waals surface area (Å²) >= 11 is 0. The quantitative estimate of drug-likeness (QED) is 0.880. The van der Waals surface area contributed by atoms with Crippen molar-refractivity contribution in [3.63, 3.8) is 0 Å². The van der Waals surface area contributed by atoms with E-state index in [4.69, 9.17) is 0 Å². The third kappa shape index (κ3) is 2.12. The molecule has 2 saturated carbocycles. The van der Waals surface area contributed by atoms with Crippen molar-refractivity contribution in [3.8, 4) is 6.07 Å². The van der Waals surface area contributed by atoms with Crippen LogP contribution in [0.4, 0.5) is 5.69 Å². The highest BCUT2D eigenvalue weighted by Gasteiger charge is 2.54. The van der Waals surface area contributed by atoms with Gasteiger partial charge in [-0.15, -0.1) is 0 Å². The van der Waals surface area contributed by atoms with Crippen molar-refractivity contribution in [2.24, 2.45) is 17.8 Å². The minimum Gasteiger partial charge on any atom is -0.325 e. The molecule has 0 aromatic heterocycles.